The molecule has 1 aliphatic rings. The van der Waals surface area contributed by atoms with Crippen molar-refractivity contribution in [2.24, 2.45) is 0 Å². The molecule has 2 aromatic carbocycles. The third kappa shape index (κ3) is 5.30. The van der Waals surface area contributed by atoms with Crippen LogP contribution in [-0.2, 0) is 5.41 Å². The first kappa shape index (κ1) is 22.5. The topological polar surface area (TPSA) is 60.7 Å². The zero-order valence-electron chi connectivity index (χ0n) is 18.8. The second kappa shape index (κ2) is 9.76. The highest BCUT2D eigenvalue weighted by molar-refractivity contribution is 5.50. The van der Waals surface area contributed by atoms with E-state index in [1.165, 1.54) is 31.2 Å². The number of unbranched alkanes of at least 4 members (excludes halogenated alkanes) is 3. The Bertz CT molecular complexity index is 791. The standard InChI is InChI=1S/C27H38O3/c1-4-5-6-7-16-27(2,3)22-17-24(29)26(25(30)18-22)21-10-8-19(9-11-21)20-12-14-23(28)15-13-20/h12-15,17-19,21,28-30H,4-11,16H2,1-3H3. The molecule has 0 heterocycles. The summed E-state index contributed by atoms with van der Waals surface area (Å²) in [6.07, 6.45) is 9.91. The van der Waals surface area contributed by atoms with E-state index in [0.717, 1.165) is 43.2 Å². The minimum Gasteiger partial charge on any atom is -0.508 e. The molecule has 0 aliphatic heterocycles. The van der Waals surface area contributed by atoms with Crippen molar-refractivity contribution in [2.75, 3.05) is 0 Å². The third-order valence-electron chi connectivity index (χ3n) is 7.07. The Labute approximate surface area is 181 Å². The number of hydrogen-bond donors (Lipinski definition) is 3. The molecule has 1 aliphatic carbocycles. The highest BCUT2D eigenvalue weighted by Crippen LogP contribution is 2.47. The summed E-state index contributed by atoms with van der Waals surface area (Å²) in [7, 11) is 0. The van der Waals surface area contributed by atoms with E-state index in [-0.39, 0.29) is 22.8 Å². The van der Waals surface area contributed by atoms with Crippen LogP contribution in [0, 0.1) is 0 Å². The van der Waals surface area contributed by atoms with E-state index in [1.807, 2.05) is 24.3 Å². The quantitative estimate of drug-likeness (QED) is 0.395. The van der Waals surface area contributed by atoms with Gasteiger partial charge in [-0.1, -0.05) is 58.6 Å². The number of phenols is 3. The summed E-state index contributed by atoms with van der Waals surface area (Å²) in [6.45, 7) is 6.63. The van der Waals surface area contributed by atoms with Crippen LogP contribution >= 0.6 is 0 Å². The summed E-state index contributed by atoms with van der Waals surface area (Å²) in [4.78, 5) is 0. The first-order valence-electron chi connectivity index (χ1n) is 11.7. The summed E-state index contributed by atoms with van der Waals surface area (Å²) in [5.74, 6) is 1.47. The Morgan fingerprint density at radius 1 is 0.800 bits per heavy atom. The molecule has 1 saturated carbocycles. The number of benzene rings is 2. The second-order valence-corrected chi connectivity index (χ2v) is 9.76. The van der Waals surface area contributed by atoms with E-state index in [4.69, 9.17) is 0 Å². The minimum atomic E-state index is -0.0578. The largest absolute Gasteiger partial charge is 0.508 e. The van der Waals surface area contributed by atoms with Gasteiger partial charge in [-0.2, -0.15) is 0 Å². The molecule has 0 unspecified atom stereocenters. The second-order valence-electron chi connectivity index (χ2n) is 9.76. The van der Waals surface area contributed by atoms with Gasteiger partial charge in [0.05, 0.1) is 0 Å². The van der Waals surface area contributed by atoms with Crippen LogP contribution < -0.4 is 0 Å². The lowest BCUT2D eigenvalue weighted by Gasteiger charge is -2.31. The zero-order chi connectivity index (χ0) is 21.7. The van der Waals surface area contributed by atoms with E-state index >= 15 is 0 Å². The molecule has 0 radical (unpaired) electrons. The van der Waals surface area contributed by atoms with Gasteiger partial charge in [0.15, 0.2) is 0 Å². The van der Waals surface area contributed by atoms with Gasteiger partial charge in [0.25, 0.3) is 0 Å². The monoisotopic (exact) mass is 410 g/mol. The number of aromatic hydroxyl groups is 3. The molecule has 1 fully saturated rings. The first-order valence-corrected chi connectivity index (χ1v) is 11.7. The van der Waals surface area contributed by atoms with Gasteiger partial charge in [0.2, 0.25) is 0 Å². The van der Waals surface area contributed by atoms with Crippen molar-refractivity contribution >= 4 is 0 Å². The van der Waals surface area contributed by atoms with E-state index < -0.39 is 0 Å². The highest BCUT2D eigenvalue weighted by Gasteiger charge is 2.29. The van der Waals surface area contributed by atoms with Crippen LogP contribution in [0.4, 0.5) is 0 Å². The molecular weight excluding hydrogens is 372 g/mol. The smallest absolute Gasteiger partial charge is 0.123 e. The van der Waals surface area contributed by atoms with Gasteiger partial charge >= 0.3 is 0 Å². The lowest BCUT2D eigenvalue weighted by molar-refractivity contribution is 0.362. The van der Waals surface area contributed by atoms with Crippen molar-refractivity contribution in [3.63, 3.8) is 0 Å². The van der Waals surface area contributed by atoms with Crippen molar-refractivity contribution in [1.29, 1.82) is 0 Å². The highest BCUT2D eigenvalue weighted by atomic mass is 16.3. The molecule has 0 bridgehead atoms. The van der Waals surface area contributed by atoms with E-state index in [0.29, 0.717) is 11.7 Å². The summed E-state index contributed by atoms with van der Waals surface area (Å²) < 4.78 is 0. The van der Waals surface area contributed by atoms with Crippen LogP contribution in [0.15, 0.2) is 36.4 Å². The van der Waals surface area contributed by atoms with E-state index in [2.05, 4.69) is 20.8 Å². The Morgan fingerprint density at radius 2 is 1.37 bits per heavy atom. The summed E-state index contributed by atoms with van der Waals surface area (Å²) in [6, 6.07) is 11.3. The van der Waals surface area contributed by atoms with Crippen molar-refractivity contribution in [2.45, 2.75) is 95.8 Å². The molecule has 3 nitrogen and oxygen atoms in total. The van der Waals surface area contributed by atoms with Crippen LogP contribution in [0.1, 0.15) is 107 Å². The van der Waals surface area contributed by atoms with Crippen molar-refractivity contribution in [1.82, 2.24) is 0 Å². The van der Waals surface area contributed by atoms with Crippen molar-refractivity contribution in [3.8, 4) is 17.2 Å². The predicted molar refractivity (Wildman–Crippen MR) is 124 cm³/mol. The van der Waals surface area contributed by atoms with Crippen LogP contribution in [-0.4, -0.2) is 15.3 Å². The van der Waals surface area contributed by atoms with Gasteiger partial charge in [-0.3, -0.25) is 0 Å². The van der Waals surface area contributed by atoms with Crippen molar-refractivity contribution < 1.29 is 15.3 Å². The first-order chi connectivity index (χ1) is 14.3. The molecule has 3 heteroatoms. The van der Waals surface area contributed by atoms with Gasteiger partial charge in [-0.25, -0.2) is 0 Å². The van der Waals surface area contributed by atoms with Gasteiger partial charge in [-0.15, -0.1) is 0 Å². The van der Waals surface area contributed by atoms with Gasteiger partial charge in [0.1, 0.15) is 17.2 Å². The van der Waals surface area contributed by atoms with Gasteiger partial charge in [0, 0.05) is 5.56 Å². The van der Waals surface area contributed by atoms with E-state index in [9.17, 15) is 15.3 Å². The molecule has 0 spiro atoms. The van der Waals surface area contributed by atoms with Crippen LogP contribution in [0.3, 0.4) is 0 Å². The molecule has 0 amide bonds. The molecule has 2 aromatic rings. The SMILES string of the molecule is CCCCCCC(C)(C)c1cc(O)c(C2CCC(c3ccc(O)cc3)CC2)c(O)c1. The van der Waals surface area contributed by atoms with Crippen molar-refractivity contribution in [3.05, 3.63) is 53.1 Å². The lowest BCUT2D eigenvalue weighted by Crippen LogP contribution is -2.18. The van der Waals surface area contributed by atoms with Gasteiger partial charge < -0.3 is 15.3 Å². The molecule has 30 heavy (non-hydrogen) atoms. The third-order valence-corrected chi connectivity index (χ3v) is 7.07. The molecule has 0 atom stereocenters. The number of hydrogen-bond acceptors (Lipinski definition) is 3. The maximum Gasteiger partial charge on any atom is 0.123 e. The molecule has 0 saturated heterocycles. The Hall–Kier alpha value is -2.16. The summed E-state index contributed by atoms with van der Waals surface area (Å²) in [5, 5.41) is 31.1. The minimum absolute atomic E-state index is 0.0578. The average molecular weight is 411 g/mol. The summed E-state index contributed by atoms with van der Waals surface area (Å²) >= 11 is 0. The summed E-state index contributed by atoms with van der Waals surface area (Å²) in [5.41, 5.74) is 2.96. The molecular formula is C27H38O3. The predicted octanol–water partition coefficient (Wildman–Crippen LogP) is 7.49. The Kier molecular flexibility index (Phi) is 7.33. The maximum atomic E-state index is 10.8. The fraction of sp³-hybridized carbons (Fsp3) is 0.556. The molecule has 3 rings (SSSR count). The maximum absolute atomic E-state index is 10.8. The van der Waals surface area contributed by atoms with Crippen LogP contribution in [0.2, 0.25) is 0 Å². The Morgan fingerprint density at radius 3 is 1.93 bits per heavy atom. The van der Waals surface area contributed by atoms with E-state index in [1.54, 1.807) is 12.1 Å². The lowest BCUT2D eigenvalue weighted by atomic mass is 9.74. The van der Waals surface area contributed by atoms with Crippen LogP contribution in [0.25, 0.3) is 0 Å². The van der Waals surface area contributed by atoms with Gasteiger partial charge in [-0.05, 0) is 84.7 Å². The average Bonchev–Trinajstić information content (AvgIpc) is 2.72. The Balaban J connectivity index is 1.68. The number of phenolic OH excluding ortho intramolecular Hbond substituents is 3. The molecule has 164 valence electrons. The molecule has 0 aromatic heterocycles. The van der Waals surface area contributed by atoms with Crippen LogP contribution in [0.5, 0.6) is 17.2 Å². The zero-order valence-corrected chi connectivity index (χ0v) is 18.8. The fourth-order valence-electron chi connectivity index (χ4n) is 5.03. The normalized spacial score (nSPS) is 19.7. The fourth-order valence-corrected chi connectivity index (χ4v) is 5.03. The molecule has 3 N–H and O–H groups in total. The number of rotatable bonds is 8.